The molecule has 1 unspecified atom stereocenters. The van der Waals surface area contributed by atoms with Gasteiger partial charge in [0.1, 0.15) is 0 Å². The normalized spacial score (nSPS) is 22.7. The van der Waals surface area contributed by atoms with Gasteiger partial charge in [-0.3, -0.25) is 4.79 Å². The highest BCUT2D eigenvalue weighted by Crippen LogP contribution is 2.25. The summed E-state index contributed by atoms with van der Waals surface area (Å²) in [6.45, 7) is 5.00. The van der Waals surface area contributed by atoms with Crippen LogP contribution in [0, 0.1) is 5.92 Å². The van der Waals surface area contributed by atoms with Crippen LogP contribution in [-0.4, -0.2) is 49.7 Å². The van der Waals surface area contributed by atoms with Gasteiger partial charge in [-0.2, -0.15) is 0 Å². The first-order chi connectivity index (χ1) is 11.6. The van der Waals surface area contributed by atoms with Crippen molar-refractivity contribution < 1.29 is 9.53 Å². The maximum absolute atomic E-state index is 12.3. The Labute approximate surface area is 153 Å². The Morgan fingerprint density at radius 1 is 1.21 bits per heavy atom. The van der Waals surface area contributed by atoms with Crippen molar-refractivity contribution in [3.63, 3.8) is 0 Å². The van der Waals surface area contributed by atoms with Crippen LogP contribution in [0.5, 0.6) is 0 Å². The van der Waals surface area contributed by atoms with Crippen molar-refractivity contribution in [1.29, 1.82) is 0 Å². The second-order valence-electron chi connectivity index (χ2n) is 6.75. The van der Waals surface area contributed by atoms with Crippen molar-refractivity contribution in [2.45, 2.75) is 31.7 Å². The lowest BCUT2D eigenvalue weighted by Gasteiger charge is -2.33. The van der Waals surface area contributed by atoms with E-state index in [1.54, 1.807) is 18.2 Å². The number of piperidine rings is 1. The van der Waals surface area contributed by atoms with Crippen molar-refractivity contribution in [3.8, 4) is 0 Å². The predicted molar refractivity (Wildman–Crippen MR) is 96.7 cm³/mol. The van der Waals surface area contributed by atoms with Gasteiger partial charge in [0.25, 0.3) is 0 Å². The average molecular weight is 371 g/mol. The van der Waals surface area contributed by atoms with Crippen molar-refractivity contribution in [3.05, 3.63) is 33.8 Å². The molecule has 132 valence electrons. The minimum Gasteiger partial charge on any atom is -0.381 e. The summed E-state index contributed by atoms with van der Waals surface area (Å²) < 4.78 is 5.44. The van der Waals surface area contributed by atoms with E-state index in [-0.39, 0.29) is 18.4 Å². The highest BCUT2D eigenvalue weighted by atomic mass is 35.5. The molecule has 2 aliphatic rings. The molecule has 2 fully saturated rings. The van der Waals surface area contributed by atoms with E-state index in [9.17, 15) is 4.79 Å². The van der Waals surface area contributed by atoms with Crippen LogP contribution in [0.2, 0.25) is 10.0 Å². The van der Waals surface area contributed by atoms with Crippen molar-refractivity contribution in [2.24, 2.45) is 5.92 Å². The minimum absolute atomic E-state index is 0.00681. The van der Waals surface area contributed by atoms with Gasteiger partial charge in [0.2, 0.25) is 5.91 Å². The minimum atomic E-state index is -0.00681. The fourth-order valence-electron chi connectivity index (χ4n) is 3.49. The Balaban J connectivity index is 1.43. The Kier molecular flexibility index (Phi) is 6.39. The third-order valence-electron chi connectivity index (χ3n) is 4.89. The Bertz CT molecular complexity index is 548. The fourth-order valence-corrected chi connectivity index (χ4v) is 4.02. The van der Waals surface area contributed by atoms with E-state index in [0.29, 0.717) is 21.5 Å². The van der Waals surface area contributed by atoms with E-state index in [1.807, 2.05) is 0 Å². The number of ether oxygens (including phenoxy) is 1. The summed E-state index contributed by atoms with van der Waals surface area (Å²) in [4.78, 5) is 14.8. The molecule has 4 nitrogen and oxygen atoms in total. The maximum atomic E-state index is 12.3. The molecule has 1 N–H and O–H groups in total. The molecule has 0 aliphatic carbocycles. The lowest BCUT2D eigenvalue weighted by molar-refractivity contribution is -0.121. The zero-order chi connectivity index (χ0) is 16.9. The first kappa shape index (κ1) is 18.0. The number of hydrogen-bond donors (Lipinski definition) is 1. The smallest absolute Gasteiger partial charge is 0.224 e. The Hall–Kier alpha value is -0.810. The van der Waals surface area contributed by atoms with Gasteiger partial charge in [-0.25, -0.2) is 0 Å². The van der Waals surface area contributed by atoms with Crippen molar-refractivity contribution in [2.75, 3.05) is 32.8 Å². The SMILES string of the molecule is O=C(Cc1c(Cl)cccc1Cl)NC1CCN(CC2CCOC2)CC1. The second kappa shape index (κ2) is 8.52. The van der Waals surface area contributed by atoms with Gasteiger partial charge < -0.3 is 15.0 Å². The fraction of sp³-hybridized carbons (Fsp3) is 0.611. The van der Waals surface area contributed by atoms with Crippen LogP contribution < -0.4 is 5.32 Å². The molecule has 3 rings (SSSR count). The van der Waals surface area contributed by atoms with Gasteiger partial charge in [0.05, 0.1) is 13.0 Å². The highest BCUT2D eigenvalue weighted by Gasteiger charge is 2.24. The summed E-state index contributed by atoms with van der Waals surface area (Å²) in [5, 5.41) is 4.22. The largest absolute Gasteiger partial charge is 0.381 e. The summed E-state index contributed by atoms with van der Waals surface area (Å²) in [5.74, 6) is 0.672. The second-order valence-corrected chi connectivity index (χ2v) is 7.56. The third kappa shape index (κ3) is 4.85. The number of benzene rings is 1. The van der Waals surface area contributed by atoms with Crippen molar-refractivity contribution >= 4 is 29.1 Å². The van der Waals surface area contributed by atoms with Gasteiger partial charge in [-0.1, -0.05) is 29.3 Å². The van der Waals surface area contributed by atoms with Crippen LogP contribution in [0.1, 0.15) is 24.8 Å². The summed E-state index contributed by atoms with van der Waals surface area (Å²) in [6.07, 6.45) is 3.40. The molecule has 0 radical (unpaired) electrons. The summed E-state index contributed by atoms with van der Waals surface area (Å²) >= 11 is 12.3. The predicted octanol–water partition coefficient (Wildman–Crippen LogP) is 3.15. The molecular weight excluding hydrogens is 347 g/mol. The molecule has 24 heavy (non-hydrogen) atoms. The zero-order valence-corrected chi connectivity index (χ0v) is 15.3. The van der Waals surface area contributed by atoms with Crippen LogP contribution in [0.15, 0.2) is 18.2 Å². The molecule has 1 atom stereocenters. The topological polar surface area (TPSA) is 41.6 Å². The van der Waals surface area contributed by atoms with Crippen LogP contribution in [0.4, 0.5) is 0 Å². The van der Waals surface area contributed by atoms with E-state index in [1.165, 1.54) is 6.42 Å². The zero-order valence-electron chi connectivity index (χ0n) is 13.8. The quantitative estimate of drug-likeness (QED) is 0.865. The number of nitrogens with one attached hydrogen (secondary N) is 1. The van der Waals surface area contributed by atoms with Gasteiger partial charge in [0.15, 0.2) is 0 Å². The summed E-state index contributed by atoms with van der Waals surface area (Å²) in [7, 11) is 0. The Morgan fingerprint density at radius 2 is 1.92 bits per heavy atom. The number of carbonyl (C=O) groups excluding carboxylic acids is 1. The molecule has 0 bridgehead atoms. The third-order valence-corrected chi connectivity index (χ3v) is 5.60. The Morgan fingerprint density at radius 3 is 2.54 bits per heavy atom. The molecule has 2 heterocycles. The van der Waals surface area contributed by atoms with E-state index in [4.69, 9.17) is 27.9 Å². The van der Waals surface area contributed by atoms with Crippen molar-refractivity contribution in [1.82, 2.24) is 10.2 Å². The van der Waals surface area contributed by atoms with Gasteiger partial charge in [-0.05, 0) is 42.9 Å². The number of carbonyl (C=O) groups is 1. The molecule has 1 aromatic rings. The average Bonchev–Trinajstić information content (AvgIpc) is 3.06. The standard InChI is InChI=1S/C18H24Cl2N2O2/c19-16-2-1-3-17(20)15(16)10-18(23)21-14-4-7-22(8-5-14)11-13-6-9-24-12-13/h1-3,13-14H,4-12H2,(H,21,23). The molecule has 2 aliphatic heterocycles. The summed E-state index contributed by atoms with van der Waals surface area (Å²) in [5.41, 5.74) is 0.706. The first-order valence-corrected chi connectivity index (χ1v) is 9.40. The summed E-state index contributed by atoms with van der Waals surface area (Å²) in [6, 6.07) is 5.56. The van der Waals surface area contributed by atoms with E-state index >= 15 is 0 Å². The molecule has 6 heteroatoms. The van der Waals surface area contributed by atoms with E-state index < -0.39 is 0 Å². The van der Waals surface area contributed by atoms with E-state index in [2.05, 4.69) is 10.2 Å². The molecule has 1 aromatic carbocycles. The molecule has 2 saturated heterocycles. The molecule has 0 spiro atoms. The first-order valence-electron chi connectivity index (χ1n) is 8.64. The number of likely N-dealkylation sites (tertiary alicyclic amines) is 1. The number of amides is 1. The van der Waals surface area contributed by atoms with Gasteiger partial charge in [0, 0.05) is 42.3 Å². The molecule has 0 saturated carbocycles. The lowest BCUT2D eigenvalue weighted by Crippen LogP contribution is -2.46. The number of rotatable bonds is 5. The monoisotopic (exact) mass is 370 g/mol. The lowest BCUT2D eigenvalue weighted by atomic mass is 10.0. The maximum Gasteiger partial charge on any atom is 0.224 e. The van der Waals surface area contributed by atoms with Crippen LogP contribution in [0.3, 0.4) is 0 Å². The van der Waals surface area contributed by atoms with E-state index in [0.717, 1.165) is 45.7 Å². The molecular formula is C18H24Cl2N2O2. The van der Waals surface area contributed by atoms with Crippen LogP contribution >= 0.6 is 23.2 Å². The van der Waals surface area contributed by atoms with Crippen LogP contribution in [0.25, 0.3) is 0 Å². The molecule has 0 aromatic heterocycles. The van der Waals surface area contributed by atoms with Crippen LogP contribution in [-0.2, 0) is 16.0 Å². The number of nitrogens with zero attached hydrogens (tertiary/aromatic N) is 1. The van der Waals surface area contributed by atoms with Gasteiger partial charge >= 0.3 is 0 Å². The number of hydrogen-bond acceptors (Lipinski definition) is 3. The number of halogens is 2. The van der Waals surface area contributed by atoms with Gasteiger partial charge in [-0.15, -0.1) is 0 Å². The molecule has 1 amide bonds. The highest BCUT2D eigenvalue weighted by molar-refractivity contribution is 6.36.